The van der Waals surface area contributed by atoms with E-state index in [1.54, 1.807) is 13.2 Å². The number of aliphatic hydroxyl groups is 2. The van der Waals surface area contributed by atoms with Crippen molar-refractivity contribution in [3.63, 3.8) is 0 Å². The summed E-state index contributed by atoms with van der Waals surface area (Å²) in [5.41, 5.74) is 3.66. The summed E-state index contributed by atoms with van der Waals surface area (Å²) in [5.74, 6) is 1.66. The number of aliphatic hydroxyl groups excluding tert-OH is 2. The quantitative estimate of drug-likeness (QED) is 0.0574. The second-order valence-electron chi connectivity index (χ2n) is 17.0. The van der Waals surface area contributed by atoms with Gasteiger partial charge in [-0.15, -0.1) is 6.58 Å². The smallest absolute Gasteiger partial charge is 0.239 e. The largest absolute Gasteiger partial charge is 0.459 e. The monoisotopic (exact) mass is 828 g/mol. The van der Waals surface area contributed by atoms with Crippen LogP contribution in [0.4, 0.5) is 0 Å². The Morgan fingerprint density at radius 1 is 0.902 bits per heavy atom. The topological polar surface area (TPSA) is 129 Å². The second-order valence-corrected chi connectivity index (χ2v) is 17.0. The fourth-order valence-electron chi connectivity index (χ4n) is 10.3. The minimum Gasteiger partial charge on any atom is -0.459 e. The SMILES string of the molecule is C=CCOC12Oc3ccc(Oc4ccc5ccccc5c4)cc3C3C(CCCCO)C(CCCCO)C=C(C(=NOC)CC1N(Cc1ccc4c(c1)OCO4)C(=O)C1CC1)C32. The summed E-state index contributed by atoms with van der Waals surface area (Å²) < 4.78 is 32.7. The molecule has 2 aliphatic heterocycles. The van der Waals surface area contributed by atoms with E-state index in [0.717, 1.165) is 77.5 Å². The molecule has 2 fully saturated rings. The van der Waals surface area contributed by atoms with Gasteiger partial charge in [-0.2, -0.15) is 0 Å². The molecule has 4 aromatic rings. The van der Waals surface area contributed by atoms with Crippen LogP contribution in [0.25, 0.3) is 10.8 Å². The maximum Gasteiger partial charge on any atom is 0.239 e. The van der Waals surface area contributed by atoms with Gasteiger partial charge in [-0.05, 0) is 115 Å². The van der Waals surface area contributed by atoms with Gasteiger partial charge in [0, 0.05) is 43.6 Å². The van der Waals surface area contributed by atoms with Gasteiger partial charge < -0.3 is 43.6 Å². The van der Waals surface area contributed by atoms with E-state index < -0.39 is 17.7 Å². The lowest BCUT2D eigenvalue weighted by Gasteiger charge is -2.60. The molecule has 0 spiro atoms. The highest BCUT2D eigenvalue weighted by Gasteiger charge is 2.66. The number of hydrogen-bond donors (Lipinski definition) is 2. The lowest BCUT2D eigenvalue weighted by molar-refractivity contribution is -0.258. The average molecular weight is 829 g/mol. The Morgan fingerprint density at radius 2 is 1.66 bits per heavy atom. The van der Waals surface area contributed by atoms with Gasteiger partial charge in [0.2, 0.25) is 18.5 Å². The summed E-state index contributed by atoms with van der Waals surface area (Å²) in [4.78, 5) is 22.4. The molecule has 0 saturated heterocycles. The van der Waals surface area contributed by atoms with Crippen LogP contribution in [0.1, 0.15) is 74.8 Å². The van der Waals surface area contributed by atoms with E-state index in [1.165, 1.54) is 0 Å². The molecule has 3 aliphatic carbocycles. The van der Waals surface area contributed by atoms with Crippen LogP contribution in [0.5, 0.6) is 28.7 Å². The summed E-state index contributed by atoms with van der Waals surface area (Å²) in [6, 6.07) is 25.6. The van der Waals surface area contributed by atoms with Crippen LogP contribution in [0.2, 0.25) is 0 Å². The molecule has 5 aliphatic rings. The third kappa shape index (κ3) is 8.11. The summed E-state index contributed by atoms with van der Waals surface area (Å²) in [5, 5.41) is 26.9. The van der Waals surface area contributed by atoms with Crippen LogP contribution in [-0.2, 0) is 20.9 Å². The number of fused-ring (bicyclic) bond motifs is 4. The number of amides is 1. The highest BCUT2D eigenvalue weighted by Crippen LogP contribution is 2.62. The van der Waals surface area contributed by atoms with Crippen LogP contribution in [0.3, 0.4) is 0 Å². The van der Waals surface area contributed by atoms with E-state index in [2.05, 4.69) is 43.0 Å². The van der Waals surface area contributed by atoms with E-state index in [9.17, 15) is 15.0 Å². The first kappa shape index (κ1) is 41.0. The molecule has 6 unspecified atom stereocenters. The molecule has 11 nitrogen and oxygen atoms in total. The predicted molar refractivity (Wildman–Crippen MR) is 232 cm³/mol. The molecule has 320 valence electrons. The number of carbonyl (C=O) groups excluding carboxylic acids is 1. The van der Waals surface area contributed by atoms with Gasteiger partial charge in [0.25, 0.3) is 0 Å². The molecule has 11 heteroatoms. The summed E-state index contributed by atoms with van der Waals surface area (Å²) >= 11 is 0. The van der Waals surface area contributed by atoms with Crippen molar-refractivity contribution in [1.29, 1.82) is 0 Å². The average Bonchev–Trinajstić information content (AvgIpc) is 4.03. The standard InChI is InChI=1S/C50H56N2O9/c1-3-24-59-50-46(52(49(55)34-15-16-34)30-32-14-20-44-45(25-32)58-31-57-44)29-42(51-56-2)40-27-36(12-6-8-22-53)39(13-7-9-23-54)47(48(40)50)41-28-38(19-21-43(41)61-50)60-37-18-17-33-10-4-5-11-35(33)26-37/h3-5,10-11,14,17-21,25-28,34,36,39,46-48,53-54H,1,6-9,12-13,15-16,22-24,29-31H2,2H3. The molecular weight excluding hydrogens is 773 g/mol. The maximum absolute atomic E-state index is 14.8. The molecule has 2 saturated carbocycles. The number of hydrogen-bond acceptors (Lipinski definition) is 10. The van der Waals surface area contributed by atoms with Crippen molar-refractivity contribution in [2.24, 2.45) is 28.8 Å². The molecule has 2 N–H and O–H groups in total. The first-order valence-corrected chi connectivity index (χ1v) is 21.9. The minimum atomic E-state index is -1.35. The van der Waals surface area contributed by atoms with Crippen molar-refractivity contribution in [3.05, 3.63) is 114 Å². The number of benzene rings is 4. The Bertz CT molecular complexity index is 2300. The molecule has 0 aromatic heterocycles. The maximum atomic E-state index is 14.8. The number of allylic oxidation sites excluding steroid dienone is 1. The van der Waals surface area contributed by atoms with Gasteiger partial charge in [-0.1, -0.05) is 66.5 Å². The van der Waals surface area contributed by atoms with Crippen LogP contribution in [0, 0.1) is 23.7 Å². The first-order valence-electron chi connectivity index (χ1n) is 21.9. The van der Waals surface area contributed by atoms with E-state index in [4.69, 9.17) is 33.7 Å². The predicted octanol–water partition coefficient (Wildman–Crippen LogP) is 9.06. The Labute approximate surface area is 357 Å². The molecule has 4 aromatic carbocycles. The molecule has 0 radical (unpaired) electrons. The highest BCUT2D eigenvalue weighted by molar-refractivity contribution is 6.03. The molecule has 6 atom stereocenters. The van der Waals surface area contributed by atoms with E-state index in [1.807, 2.05) is 53.4 Å². The molecular formula is C50H56N2O9. The molecule has 0 bridgehead atoms. The molecule has 61 heavy (non-hydrogen) atoms. The van der Waals surface area contributed by atoms with Crippen molar-refractivity contribution < 1.29 is 43.5 Å². The van der Waals surface area contributed by atoms with Gasteiger partial charge in [0.05, 0.1) is 18.2 Å². The van der Waals surface area contributed by atoms with Crippen LogP contribution >= 0.6 is 0 Å². The Kier molecular flexibility index (Phi) is 12.1. The van der Waals surface area contributed by atoms with Gasteiger partial charge in [0.1, 0.15) is 30.4 Å². The Balaban J connectivity index is 1.21. The van der Waals surface area contributed by atoms with E-state index in [-0.39, 0.29) is 56.2 Å². The fourth-order valence-corrected chi connectivity index (χ4v) is 10.3. The van der Waals surface area contributed by atoms with Gasteiger partial charge >= 0.3 is 0 Å². The number of nitrogens with zero attached hydrogens (tertiary/aromatic N) is 2. The third-order valence-corrected chi connectivity index (χ3v) is 13.2. The summed E-state index contributed by atoms with van der Waals surface area (Å²) in [6.45, 7) is 4.94. The van der Waals surface area contributed by atoms with E-state index in [0.29, 0.717) is 48.8 Å². The molecule has 1 amide bonds. The van der Waals surface area contributed by atoms with E-state index >= 15 is 0 Å². The Hall–Kier alpha value is -5.36. The summed E-state index contributed by atoms with van der Waals surface area (Å²) in [6.07, 6.45) is 10.8. The zero-order chi connectivity index (χ0) is 41.9. The second kappa shape index (κ2) is 17.9. The van der Waals surface area contributed by atoms with Gasteiger partial charge in [-0.25, -0.2) is 0 Å². The van der Waals surface area contributed by atoms with Crippen molar-refractivity contribution >= 4 is 22.4 Å². The molecule has 9 rings (SSSR count). The van der Waals surface area contributed by atoms with Gasteiger partial charge in [0.15, 0.2) is 11.5 Å². The minimum absolute atomic E-state index is 0.0516. The van der Waals surface area contributed by atoms with Crippen LogP contribution < -0.4 is 18.9 Å². The lowest BCUT2D eigenvalue weighted by Crippen LogP contribution is -2.70. The normalized spacial score (nSPS) is 25.3. The molecule has 2 heterocycles. The van der Waals surface area contributed by atoms with Crippen LogP contribution in [-0.4, -0.2) is 72.3 Å². The number of carbonyl (C=O) groups is 1. The lowest BCUT2D eigenvalue weighted by atomic mass is 9.55. The number of ether oxygens (including phenoxy) is 5. The van der Waals surface area contributed by atoms with Crippen molar-refractivity contribution in [2.45, 2.75) is 82.1 Å². The highest BCUT2D eigenvalue weighted by atomic mass is 16.7. The zero-order valence-electron chi connectivity index (χ0n) is 34.9. The van der Waals surface area contributed by atoms with Gasteiger partial charge in [-0.3, -0.25) is 4.79 Å². The van der Waals surface area contributed by atoms with Crippen LogP contribution in [0.15, 0.2) is 108 Å². The van der Waals surface area contributed by atoms with Crippen molar-refractivity contribution in [1.82, 2.24) is 4.90 Å². The van der Waals surface area contributed by atoms with Crippen molar-refractivity contribution in [2.75, 3.05) is 33.7 Å². The summed E-state index contributed by atoms with van der Waals surface area (Å²) in [7, 11) is 1.57. The number of unbranched alkanes of at least 4 members (excludes halogenated alkanes) is 2. The third-order valence-electron chi connectivity index (χ3n) is 13.2. The van der Waals surface area contributed by atoms with Crippen molar-refractivity contribution in [3.8, 4) is 28.7 Å². The number of oxime groups is 1. The zero-order valence-corrected chi connectivity index (χ0v) is 34.9. The number of rotatable bonds is 18. The fraction of sp³-hybridized carbons (Fsp3) is 0.440. The Morgan fingerprint density at radius 3 is 2.44 bits per heavy atom. The first-order chi connectivity index (χ1) is 29.9.